The fourth-order valence-corrected chi connectivity index (χ4v) is 1.95. The molecule has 4 heteroatoms. The molecule has 2 N–H and O–H groups in total. The summed E-state index contributed by atoms with van der Waals surface area (Å²) in [5, 5.41) is 5.98. The lowest BCUT2D eigenvalue weighted by atomic mass is 10.2. The first kappa shape index (κ1) is 14.9. The highest BCUT2D eigenvalue weighted by atomic mass is 16.5. The van der Waals surface area contributed by atoms with Gasteiger partial charge in [0.2, 0.25) is 5.91 Å². The molecule has 0 bridgehead atoms. The van der Waals surface area contributed by atoms with Gasteiger partial charge in [-0.05, 0) is 37.6 Å². The number of amides is 1. The van der Waals surface area contributed by atoms with Crippen LogP contribution in [0.5, 0.6) is 5.75 Å². The quantitative estimate of drug-likeness (QED) is 0.854. The van der Waals surface area contributed by atoms with E-state index in [4.69, 9.17) is 4.74 Å². The van der Waals surface area contributed by atoms with Crippen molar-refractivity contribution in [2.75, 3.05) is 23.8 Å². The van der Waals surface area contributed by atoms with Crippen LogP contribution in [0.4, 0.5) is 11.4 Å². The Hall–Kier alpha value is -2.49. The molecule has 0 radical (unpaired) electrons. The molecule has 0 unspecified atom stereocenters. The van der Waals surface area contributed by atoms with Gasteiger partial charge in [-0.1, -0.05) is 24.3 Å². The van der Waals surface area contributed by atoms with Gasteiger partial charge in [0.15, 0.2) is 0 Å². The van der Waals surface area contributed by atoms with E-state index >= 15 is 0 Å². The molecule has 0 aliphatic rings. The Kier molecular flexibility index (Phi) is 5.21. The van der Waals surface area contributed by atoms with Crippen LogP contribution in [0, 0.1) is 6.92 Å². The highest BCUT2D eigenvalue weighted by Gasteiger charge is 2.04. The van der Waals surface area contributed by atoms with Crippen LogP contribution in [0.3, 0.4) is 0 Å². The third-order valence-electron chi connectivity index (χ3n) is 3.02. The Balaban J connectivity index is 1.89. The SMILES string of the molecule is CCOc1cccc(NCC(=O)Nc2ccccc2C)c1. The van der Waals surface area contributed by atoms with E-state index < -0.39 is 0 Å². The van der Waals surface area contributed by atoms with Crippen molar-refractivity contribution >= 4 is 17.3 Å². The number of anilines is 2. The molecule has 0 aromatic heterocycles. The lowest BCUT2D eigenvalue weighted by molar-refractivity contribution is -0.114. The number of rotatable bonds is 6. The first-order valence-electron chi connectivity index (χ1n) is 7.01. The molecule has 0 spiro atoms. The third-order valence-corrected chi connectivity index (χ3v) is 3.02. The lowest BCUT2D eigenvalue weighted by Gasteiger charge is -2.10. The molecule has 0 saturated heterocycles. The summed E-state index contributed by atoms with van der Waals surface area (Å²) in [6.07, 6.45) is 0. The standard InChI is InChI=1S/C17H20N2O2/c1-3-21-15-9-6-8-14(11-15)18-12-17(20)19-16-10-5-4-7-13(16)2/h4-11,18H,3,12H2,1-2H3,(H,19,20). The molecule has 0 saturated carbocycles. The van der Waals surface area contributed by atoms with E-state index in [9.17, 15) is 4.79 Å². The van der Waals surface area contributed by atoms with Crippen molar-refractivity contribution in [3.05, 3.63) is 54.1 Å². The fraction of sp³-hybridized carbons (Fsp3) is 0.235. The number of hydrogen-bond donors (Lipinski definition) is 2. The van der Waals surface area contributed by atoms with Gasteiger partial charge in [0, 0.05) is 17.4 Å². The zero-order valence-electron chi connectivity index (χ0n) is 12.3. The summed E-state index contributed by atoms with van der Waals surface area (Å²) in [5.41, 5.74) is 2.75. The number of ether oxygens (including phenoxy) is 1. The molecule has 0 fully saturated rings. The Morgan fingerprint density at radius 1 is 1.14 bits per heavy atom. The highest BCUT2D eigenvalue weighted by molar-refractivity contribution is 5.94. The number of para-hydroxylation sites is 1. The minimum Gasteiger partial charge on any atom is -0.494 e. The zero-order chi connectivity index (χ0) is 15.1. The summed E-state index contributed by atoms with van der Waals surface area (Å²) in [6, 6.07) is 15.3. The Morgan fingerprint density at radius 2 is 1.95 bits per heavy atom. The number of carbonyl (C=O) groups is 1. The molecule has 4 nitrogen and oxygen atoms in total. The van der Waals surface area contributed by atoms with Crippen LogP contribution in [0.1, 0.15) is 12.5 Å². The van der Waals surface area contributed by atoms with Gasteiger partial charge in [0.25, 0.3) is 0 Å². The van der Waals surface area contributed by atoms with Crippen molar-refractivity contribution in [3.63, 3.8) is 0 Å². The summed E-state index contributed by atoms with van der Waals surface area (Å²) >= 11 is 0. The van der Waals surface area contributed by atoms with Gasteiger partial charge in [-0.15, -0.1) is 0 Å². The van der Waals surface area contributed by atoms with Gasteiger partial charge in [-0.3, -0.25) is 4.79 Å². The van der Waals surface area contributed by atoms with Gasteiger partial charge in [-0.2, -0.15) is 0 Å². The molecular weight excluding hydrogens is 264 g/mol. The first-order chi connectivity index (χ1) is 10.2. The largest absolute Gasteiger partial charge is 0.494 e. The van der Waals surface area contributed by atoms with Gasteiger partial charge in [0.05, 0.1) is 13.2 Å². The summed E-state index contributed by atoms with van der Waals surface area (Å²) in [7, 11) is 0. The molecule has 0 atom stereocenters. The number of benzene rings is 2. The van der Waals surface area contributed by atoms with Gasteiger partial charge < -0.3 is 15.4 Å². The van der Waals surface area contributed by atoms with E-state index in [-0.39, 0.29) is 12.5 Å². The number of aryl methyl sites for hydroxylation is 1. The minimum atomic E-state index is -0.0777. The van der Waals surface area contributed by atoms with E-state index in [0.29, 0.717) is 6.61 Å². The van der Waals surface area contributed by atoms with E-state index in [1.54, 1.807) is 0 Å². The van der Waals surface area contributed by atoms with Crippen LogP contribution in [0.2, 0.25) is 0 Å². The van der Waals surface area contributed by atoms with Crippen LogP contribution in [-0.4, -0.2) is 19.1 Å². The van der Waals surface area contributed by atoms with Crippen LogP contribution < -0.4 is 15.4 Å². The maximum absolute atomic E-state index is 11.9. The molecule has 2 aromatic rings. The predicted molar refractivity (Wildman–Crippen MR) is 85.9 cm³/mol. The Morgan fingerprint density at radius 3 is 2.71 bits per heavy atom. The second-order valence-corrected chi connectivity index (χ2v) is 4.68. The maximum Gasteiger partial charge on any atom is 0.243 e. The summed E-state index contributed by atoms with van der Waals surface area (Å²) in [5.74, 6) is 0.716. The molecule has 110 valence electrons. The molecule has 0 aliphatic heterocycles. The van der Waals surface area contributed by atoms with Crippen LogP contribution in [0.15, 0.2) is 48.5 Å². The van der Waals surface area contributed by atoms with Crippen LogP contribution >= 0.6 is 0 Å². The van der Waals surface area contributed by atoms with E-state index in [2.05, 4.69) is 10.6 Å². The van der Waals surface area contributed by atoms with E-state index in [1.165, 1.54) is 0 Å². The molecule has 2 rings (SSSR count). The van der Waals surface area contributed by atoms with Crippen molar-refractivity contribution < 1.29 is 9.53 Å². The second-order valence-electron chi connectivity index (χ2n) is 4.68. The molecule has 0 aliphatic carbocycles. The highest BCUT2D eigenvalue weighted by Crippen LogP contribution is 2.17. The lowest BCUT2D eigenvalue weighted by Crippen LogP contribution is -2.22. The van der Waals surface area contributed by atoms with Gasteiger partial charge >= 0.3 is 0 Å². The van der Waals surface area contributed by atoms with Crippen molar-refractivity contribution in [2.24, 2.45) is 0 Å². The second kappa shape index (κ2) is 7.33. The molecule has 21 heavy (non-hydrogen) atoms. The summed E-state index contributed by atoms with van der Waals surface area (Å²) in [6.45, 7) is 4.74. The van der Waals surface area contributed by atoms with Crippen molar-refractivity contribution in [3.8, 4) is 5.75 Å². The van der Waals surface area contributed by atoms with E-state index in [0.717, 1.165) is 22.7 Å². The number of carbonyl (C=O) groups excluding carboxylic acids is 1. The normalized spacial score (nSPS) is 10.0. The average Bonchev–Trinajstić information content (AvgIpc) is 2.48. The maximum atomic E-state index is 11.9. The predicted octanol–water partition coefficient (Wildman–Crippen LogP) is 3.44. The Bertz CT molecular complexity index is 611. The summed E-state index contributed by atoms with van der Waals surface area (Å²) in [4.78, 5) is 11.9. The van der Waals surface area contributed by atoms with Crippen LogP contribution in [-0.2, 0) is 4.79 Å². The third kappa shape index (κ3) is 4.53. The molecule has 1 amide bonds. The molecular formula is C17H20N2O2. The minimum absolute atomic E-state index is 0.0777. The van der Waals surface area contributed by atoms with Crippen LogP contribution in [0.25, 0.3) is 0 Å². The fourth-order valence-electron chi connectivity index (χ4n) is 1.95. The van der Waals surface area contributed by atoms with E-state index in [1.807, 2.05) is 62.4 Å². The molecule has 0 heterocycles. The first-order valence-corrected chi connectivity index (χ1v) is 7.01. The summed E-state index contributed by atoms with van der Waals surface area (Å²) < 4.78 is 5.42. The zero-order valence-corrected chi connectivity index (χ0v) is 12.3. The monoisotopic (exact) mass is 284 g/mol. The topological polar surface area (TPSA) is 50.4 Å². The molecule has 2 aromatic carbocycles. The van der Waals surface area contributed by atoms with Gasteiger partial charge in [-0.25, -0.2) is 0 Å². The van der Waals surface area contributed by atoms with Gasteiger partial charge in [0.1, 0.15) is 5.75 Å². The van der Waals surface area contributed by atoms with Crippen molar-refractivity contribution in [2.45, 2.75) is 13.8 Å². The number of hydrogen-bond acceptors (Lipinski definition) is 3. The smallest absolute Gasteiger partial charge is 0.243 e. The Labute approximate surface area is 125 Å². The van der Waals surface area contributed by atoms with Crippen molar-refractivity contribution in [1.82, 2.24) is 0 Å². The average molecular weight is 284 g/mol. The van der Waals surface area contributed by atoms with Crippen molar-refractivity contribution in [1.29, 1.82) is 0 Å². The number of nitrogens with one attached hydrogen (secondary N) is 2.